The molecule has 0 unspecified atom stereocenters. The van der Waals surface area contributed by atoms with Crippen LogP contribution in [0, 0.1) is 0 Å². The number of benzene rings is 1. The number of hydrogen-bond donors (Lipinski definition) is 0. The lowest BCUT2D eigenvalue weighted by atomic mass is 10.2. The first-order valence-electron chi connectivity index (χ1n) is 9.73. The van der Waals surface area contributed by atoms with Gasteiger partial charge in [0.15, 0.2) is 0 Å². The first kappa shape index (κ1) is 23.2. The smallest absolute Gasteiger partial charge is 0.253 e. The Morgan fingerprint density at radius 2 is 1.03 bits per heavy atom. The molecule has 1 aromatic carbocycles. The number of nitrogens with zero attached hydrogens (tertiary/aromatic N) is 1. The van der Waals surface area contributed by atoms with Crippen LogP contribution in [-0.4, -0.2) is 82.7 Å². The molecule has 0 radical (unpaired) electrons. The number of ether oxygens (including phenoxy) is 5. The third kappa shape index (κ3) is 10.3. The molecule has 2 amide bonds. The SMILES string of the molecule is O=C1C=CC(=O)N1CCOCCOCCOCCOCCOCc1ccccc1. The molecule has 1 aliphatic heterocycles. The van der Waals surface area contributed by atoms with E-state index >= 15 is 0 Å². The number of rotatable bonds is 17. The molecule has 2 rings (SSSR count). The zero-order chi connectivity index (χ0) is 20.6. The van der Waals surface area contributed by atoms with Crippen molar-refractivity contribution in [2.75, 3.05) is 66.0 Å². The van der Waals surface area contributed by atoms with Gasteiger partial charge in [0.05, 0.1) is 72.6 Å². The van der Waals surface area contributed by atoms with Crippen LogP contribution in [0.4, 0.5) is 0 Å². The largest absolute Gasteiger partial charge is 0.377 e. The van der Waals surface area contributed by atoms with E-state index in [1.165, 1.54) is 12.2 Å². The summed E-state index contributed by atoms with van der Waals surface area (Å²) in [5.41, 5.74) is 1.15. The first-order chi connectivity index (χ1) is 14.3. The Hall–Kier alpha value is -2.10. The van der Waals surface area contributed by atoms with Crippen LogP contribution < -0.4 is 0 Å². The third-order valence-electron chi connectivity index (χ3n) is 3.96. The average molecular weight is 407 g/mol. The van der Waals surface area contributed by atoms with Crippen LogP contribution in [0.15, 0.2) is 42.5 Å². The predicted molar refractivity (Wildman–Crippen MR) is 105 cm³/mol. The molecule has 8 heteroatoms. The van der Waals surface area contributed by atoms with Crippen molar-refractivity contribution in [3.63, 3.8) is 0 Å². The maximum atomic E-state index is 11.3. The van der Waals surface area contributed by atoms with E-state index in [9.17, 15) is 9.59 Å². The molecule has 0 fully saturated rings. The van der Waals surface area contributed by atoms with Crippen molar-refractivity contribution in [2.24, 2.45) is 0 Å². The molecular weight excluding hydrogens is 378 g/mol. The van der Waals surface area contributed by atoms with Crippen molar-refractivity contribution in [1.82, 2.24) is 4.90 Å². The topological polar surface area (TPSA) is 83.5 Å². The molecular formula is C21H29NO7. The number of carbonyl (C=O) groups is 2. The standard InChI is InChI=1S/C21H29NO7/c23-20-6-7-21(24)22(20)8-9-25-10-11-26-12-13-27-14-15-28-16-17-29-18-19-4-2-1-3-5-19/h1-7H,8-18H2. The van der Waals surface area contributed by atoms with Crippen molar-refractivity contribution in [2.45, 2.75) is 6.61 Å². The molecule has 0 aromatic heterocycles. The Bertz CT molecular complexity index is 603. The fourth-order valence-corrected chi connectivity index (χ4v) is 2.45. The number of amides is 2. The summed E-state index contributed by atoms with van der Waals surface area (Å²) in [5.74, 6) is -0.591. The normalized spacial score (nSPS) is 13.6. The van der Waals surface area contributed by atoms with Gasteiger partial charge >= 0.3 is 0 Å². The van der Waals surface area contributed by atoms with Crippen molar-refractivity contribution in [3.8, 4) is 0 Å². The second-order valence-corrected chi connectivity index (χ2v) is 6.15. The van der Waals surface area contributed by atoms with Gasteiger partial charge in [0, 0.05) is 12.2 Å². The average Bonchev–Trinajstić information content (AvgIpc) is 3.06. The molecule has 1 aromatic rings. The Morgan fingerprint density at radius 1 is 0.586 bits per heavy atom. The molecule has 0 N–H and O–H groups in total. The van der Waals surface area contributed by atoms with E-state index in [1.807, 2.05) is 30.3 Å². The minimum atomic E-state index is -0.296. The van der Waals surface area contributed by atoms with Crippen LogP contribution in [-0.2, 0) is 39.9 Å². The highest BCUT2D eigenvalue weighted by Crippen LogP contribution is 2.02. The van der Waals surface area contributed by atoms with Gasteiger partial charge in [0.25, 0.3) is 11.8 Å². The summed E-state index contributed by atoms with van der Waals surface area (Å²) in [5, 5.41) is 0. The van der Waals surface area contributed by atoms with Crippen molar-refractivity contribution >= 4 is 11.8 Å². The van der Waals surface area contributed by atoms with E-state index < -0.39 is 0 Å². The van der Waals surface area contributed by atoms with Crippen molar-refractivity contribution in [3.05, 3.63) is 48.0 Å². The van der Waals surface area contributed by atoms with E-state index in [0.29, 0.717) is 66.1 Å². The maximum Gasteiger partial charge on any atom is 0.253 e. The first-order valence-corrected chi connectivity index (χ1v) is 9.73. The summed E-state index contributed by atoms with van der Waals surface area (Å²) in [6.07, 6.45) is 2.52. The zero-order valence-electron chi connectivity index (χ0n) is 16.6. The quantitative estimate of drug-likeness (QED) is 0.283. The zero-order valence-corrected chi connectivity index (χ0v) is 16.6. The van der Waals surface area contributed by atoms with Crippen molar-refractivity contribution in [1.29, 1.82) is 0 Å². The van der Waals surface area contributed by atoms with Crippen LogP contribution in [0.25, 0.3) is 0 Å². The highest BCUT2D eigenvalue weighted by molar-refractivity contribution is 6.12. The summed E-state index contributed by atoms with van der Waals surface area (Å²) in [6.45, 7) is 5.03. The summed E-state index contributed by atoms with van der Waals surface area (Å²) < 4.78 is 27.1. The van der Waals surface area contributed by atoms with Gasteiger partial charge < -0.3 is 23.7 Å². The molecule has 0 atom stereocenters. The van der Waals surface area contributed by atoms with Gasteiger partial charge in [-0.05, 0) is 5.56 Å². The summed E-state index contributed by atoms with van der Waals surface area (Å²) >= 11 is 0. The minimum Gasteiger partial charge on any atom is -0.377 e. The molecule has 8 nitrogen and oxygen atoms in total. The summed E-state index contributed by atoms with van der Waals surface area (Å²) in [4.78, 5) is 23.8. The van der Waals surface area contributed by atoms with Crippen LogP contribution in [0.2, 0.25) is 0 Å². The Morgan fingerprint density at radius 3 is 1.55 bits per heavy atom. The molecule has 0 spiro atoms. The highest BCUT2D eigenvalue weighted by atomic mass is 16.6. The Balaban J connectivity index is 1.26. The second kappa shape index (κ2) is 14.8. The van der Waals surface area contributed by atoms with Gasteiger partial charge in [0.1, 0.15) is 0 Å². The number of carbonyl (C=O) groups excluding carboxylic acids is 2. The summed E-state index contributed by atoms with van der Waals surface area (Å²) in [6, 6.07) is 10.0. The number of hydrogen-bond acceptors (Lipinski definition) is 7. The van der Waals surface area contributed by atoms with E-state index in [4.69, 9.17) is 23.7 Å². The molecule has 0 saturated carbocycles. The fraction of sp³-hybridized carbons (Fsp3) is 0.524. The van der Waals surface area contributed by atoms with Crippen molar-refractivity contribution < 1.29 is 33.3 Å². The molecule has 1 aliphatic rings. The van der Waals surface area contributed by atoms with Gasteiger partial charge in [-0.3, -0.25) is 14.5 Å². The molecule has 0 aliphatic carbocycles. The van der Waals surface area contributed by atoms with E-state index in [2.05, 4.69) is 0 Å². The Labute approximate surface area is 171 Å². The van der Waals surface area contributed by atoms with Gasteiger partial charge in [-0.1, -0.05) is 30.3 Å². The van der Waals surface area contributed by atoms with Gasteiger partial charge in [-0.2, -0.15) is 0 Å². The second-order valence-electron chi connectivity index (χ2n) is 6.15. The van der Waals surface area contributed by atoms with E-state index in [0.717, 1.165) is 10.5 Å². The molecule has 1 heterocycles. The van der Waals surface area contributed by atoms with E-state index in [-0.39, 0.29) is 18.4 Å². The highest BCUT2D eigenvalue weighted by Gasteiger charge is 2.22. The van der Waals surface area contributed by atoms with Gasteiger partial charge in [-0.25, -0.2) is 0 Å². The molecule has 0 bridgehead atoms. The maximum absolute atomic E-state index is 11.3. The monoisotopic (exact) mass is 407 g/mol. The lowest BCUT2D eigenvalue weighted by molar-refractivity contribution is -0.137. The lowest BCUT2D eigenvalue weighted by Crippen LogP contribution is -2.33. The minimum absolute atomic E-state index is 0.255. The van der Waals surface area contributed by atoms with E-state index in [1.54, 1.807) is 0 Å². The van der Waals surface area contributed by atoms with Crippen LogP contribution in [0.3, 0.4) is 0 Å². The van der Waals surface area contributed by atoms with Crippen LogP contribution in [0.1, 0.15) is 5.56 Å². The third-order valence-corrected chi connectivity index (χ3v) is 3.96. The summed E-state index contributed by atoms with van der Waals surface area (Å²) in [7, 11) is 0. The van der Waals surface area contributed by atoms with Crippen LogP contribution in [0.5, 0.6) is 0 Å². The Kier molecular flexibility index (Phi) is 11.9. The predicted octanol–water partition coefficient (Wildman–Crippen LogP) is 1.19. The van der Waals surface area contributed by atoms with Gasteiger partial charge in [0.2, 0.25) is 0 Å². The molecule has 160 valence electrons. The fourth-order valence-electron chi connectivity index (χ4n) is 2.45. The van der Waals surface area contributed by atoms with Crippen LogP contribution >= 0.6 is 0 Å². The molecule has 0 saturated heterocycles. The molecule has 29 heavy (non-hydrogen) atoms. The van der Waals surface area contributed by atoms with Gasteiger partial charge in [-0.15, -0.1) is 0 Å². The lowest BCUT2D eigenvalue weighted by Gasteiger charge is -2.13. The number of imide groups is 1.